The SMILES string of the molecule is Cc1nn(-c2ccccc2)c2sc(C(=O)N(CCC#N)CCC#N)cc12. The van der Waals surface area contributed by atoms with Crippen LogP contribution in [0.1, 0.15) is 28.2 Å². The predicted molar refractivity (Wildman–Crippen MR) is 100 cm³/mol. The third-order valence-electron chi connectivity index (χ3n) is 4.03. The lowest BCUT2D eigenvalue weighted by Gasteiger charge is -2.19. The van der Waals surface area contributed by atoms with Crippen molar-refractivity contribution >= 4 is 27.5 Å². The second-order valence-electron chi connectivity index (χ2n) is 5.77. The molecule has 0 fully saturated rings. The highest BCUT2D eigenvalue weighted by Gasteiger charge is 2.21. The number of carbonyl (C=O) groups is 1. The molecule has 7 heteroatoms. The molecule has 6 nitrogen and oxygen atoms in total. The Labute approximate surface area is 155 Å². The van der Waals surface area contributed by atoms with E-state index in [1.54, 1.807) is 4.90 Å². The summed E-state index contributed by atoms with van der Waals surface area (Å²) in [5.41, 5.74) is 1.80. The average molecular weight is 363 g/mol. The van der Waals surface area contributed by atoms with Crippen LogP contribution in [0.2, 0.25) is 0 Å². The van der Waals surface area contributed by atoms with Crippen molar-refractivity contribution in [3.05, 3.63) is 47.0 Å². The van der Waals surface area contributed by atoms with E-state index in [4.69, 9.17) is 10.5 Å². The number of carbonyl (C=O) groups excluding carboxylic acids is 1. The van der Waals surface area contributed by atoms with Gasteiger partial charge < -0.3 is 4.90 Å². The smallest absolute Gasteiger partial charge is 0.264 e. The van der Waals surface area contributed by atoms with Gasteiger partial charge in [0.2, 0.25) is 0 Å². The maximum absolute atomic E-state index is 12.9. The van der Waals surface area contributed by atoms with Gasteiger partial charge in [-0.3, -0.25) is 4.79 Å². The van der Waals surface area contributed by atoms with E-state index in [9.17, 15) is 4.79 Å². The quantitative estimate of drug-likeness (QED) is 0.669. The molecular formula is C19H17N5OS. The Balaban J connectivity index is 1.97. The third-order valence-corrected chi connectivity index (χ3v) is 5.13. The fraction of sp³-hybridized carbons (Fsp3) is 0.263. The van der Waals surface area contributed by atoms with Crippen LogP contribution in [-0.2, 0) is 0 Å². The zero-order chi connectivity index (χ0) is 18.5. The molecule has 3 aromatic rings. The Morgan fingerprint density at radius 3 is 2.46 bits per heavy atom. The molecule has 0 N–H and O–H groups in total. The Morgan fingerprint density at radius 2 is 1.85 bits per heavy atom. The Morgan fingerprint density at radius 1 is 1.19 bits per heavy atom. The van der Waals surface area contributed by atoms with Crippen LogP contribution in [0.3, 0.4) is 0 Å². The van der Waals surface area contributed by atoms with Gasteiger partial charge in [-0.25, -0.2) is 4.68 Å². The molecule has 0 atom stereocenters. The molecule has 0 spiro atoms. The lowest BCUT2D eigenvalue weighted by molar-refractivity contribution is 0.0767. The van der Waals surface area contributed by atoms with Gasteiger partial charge in [0, 0.05) is 18.5 Å². The van der Waals surface area contributed by atoms with Gasteiger partial charge in [-0.15, -0.1) is 11.3 Å². The monoisotopic (exact) mass is 363 g/mol. The van der Waals surface area contributed by atoms with Crippen molar-refractivity contribution in [1.82, 2.24) is 14.7 Å². The van der Waals surface area contributed by atoms with Crippen molar-refractivity contribution in [3.8, 4) is 17.8 Å². The first-order chi connectivity index (χ1) is 12.7. The van der Waals surface area contributed by atoms with Crippen LogP contribution in [0.25, 0.3) is 15.9 Å². The average Bonchev–Trinajstić information content (AvgIpc) is 3.23. The number of hydrogen-bond donors (Lipinski definition) is 0. The highest BCUT2D eigenvalue weighted by Crippen LogP contribution is 2.31. The Kier molecular flexibility index (Phi) is 5.31. The van der Waals surface area contributed by atoms with E-state index < -0.39 is 0 Å². The maximum Gasteiger partial charge on any atom is 0.264 e. The first-order valence-electron chi connectivity index (χ1n) is 8.23. The second-order valence-corrected chi connectivity index (χ2v) is 6.80. The van der Waals surface area contributed by atoms with Crippen LogP contribution >= 0.6 is 11.3 Å². The van der Waals surface area contributed by atoms with Crippen LogP contribution in [0, 0.1) is 29.6 Å². The summed E-state index contributed by atoms with van der Waals surface area (Å²) in [7, 11) is 0. The highest BCUT2D eigenvalue weighted by atomic mass is 32.1. The maximum atomic E-state index is 12.9. The fourth-order valence-corrected chi connectivity index (χ4v) is 3.89. The molecule has 3 rings (SSSR count). The summed E-state index contributed by atoms with van der Waals surface area (Å²) in [6.07, 6.45) is 0.498. The highest BCUT2D eigenvalue weighted by molar-refractivity contribution is 7.20. The number of rotatable bonds is 6. The number of aryl methyl sites for hydroxylation is 1. The summed E-state index contributed by atoms with van der Waals surface area (Å²) in [6, 6.07) is 15.8. The lowest BCUT2D eigenvalue weighted by Crippen LogP contribution is -2.32. The predicted octanol–water partition coefficient (Wildman–Crippen LogP) is 3.66. The standard InChI is InChI=1S/C19H17N5OS/c1-14-16-13-17(18(25)23(11-5-9-20)12-6-10-21)26-19(16)24(22-14)15-7-3-2-4-8-15/h2-4,7-8,13H,5-6,11-12H2,1H3. The summed E-state index contributed by atoms with van der Waals surface area (Å²) in [5.74, 6) is -0.143. The Bertz CT molecular complexity index is 988. The largest absolute Gasteiger partial charge is 0.336 e. The summed E-state index contributed by atoms with van der Waals surface area (Å²) >= 11 is 1.39. The summed E-state index contributed by atoms with van der Waals surface area (Å²) in [5, 5.41) is 23.1. The zero-order valence-corrected chi connectivity index (χ0v) is 15.2. The van der Waals surface area contributed by atoms with Crippen molar-refractivity contribution in [2.24, 2.45) is 0 Å². The minimum absolute atomic E-state index is 0.143. The van der Waals surface area contributed by atoms with E-state index in [2.05, 4.69) is 17.2 Å². The molecule has 0 saturated carbocycles. The Hall–Kier alpha value is -3.16. The van der Waals surface area contributed by atoms with Gasteiger partial charge in [0.15, 0.2) is 0 Å². The normalized spacial score (nSPS) is 10.4. The number of hydrogen-bond acceptors (Lipinski definition) is 5. The third kappa shape index (κ3) is 3.44. The molecule has 0 aliphatic carbocycles. The number of thiophene rings is 1. The minimum Gasteiger partial charge on any atom is -0.336 e. The van der Waals surface area contributed by atoms with Crippen LogP contribution in [0.4, 0.5) is 0 Å². The van der Waals surface area contributed by atoms with Crippen molar-refractivity contribution in [2.45, 2.75) is 19.8 Å². The topological polar surface area (TPSA) is 85.7 Å². The molecule has 1 aromatic carbocycles. The summed E-state index contributed by atoms with van der Waals surface area (Å²) in [6.45, 7) is 2.58. The van der Waals surface area contributed by atoms with Gasteiger partial charge in [0.05, 0.1) is 41.2 Å². The van der Waals surface area contributed by atoms with Crippen LogP contribution < -0.4 is 0 Å². The van der Waals surface area contributed by atoms with Crippen molar-refractivity contribution in [3.63, 3.8) is 0 Å². The first-order valence-corrected chi connectivity index (χ1v) is 9.05. The van der Waals surface area contributed by atoms with E-state index in [0.717, 1.165) is 21.6 Å². The summed E-state index contributed by atoms with van der Waals surface area (Å²) in [4.78, 5) is 16.0. The molecule has 130 valence electrons. The van der Waals surface area contributed by atoms with Gasteiger partial charge in [-0.1, -0.05) is 18.2 Å². The van der Waals surface area contributed by atoms with E-state index >= 15 is 0 Å². The number of nitrogens with zero attached hydrogens (tertiary/aromatic N) is 5. The van der Waals surface area contributed by atoms with E-state index in [-0.39, 0.29) is 18.7 Å². The van der Waals surface area contributed by atoms with E-state index in [0.29, 0.717) is 18.0 Å². The molecule has 1 amide bonds. The fourth-order valence-electron chi connectivity index (χ4n) is 2.74. The van der Waals surface area contributed by atoms with Gasteiger partial charge >= 0.3 is 0 Å². The number of benzene rings is 1. The number of fused-ring (bicyclic) bond motifs is 1. The van der Waals surface area contributed by atoms with Gasteiger partial charge in [0.25, 0.3) is 5.91 Å². The minimum atomic E-state index is -0.143. The molecule has 26 heavy (non-hydrogen) atoms. The molecule has 0 saturated heterocycles. The molecular weight excluding hydrogens is 346 g/mol. The molecule has 0 aliphatic heterocycles. The van der Waals surface area contributed by atoms with Crippen LogP contribution in [0.5, 0.6) is 0 Å². The van der Waals surface area contributed by atoms with Crippen molar-refractivity contribution in [1.29, 1.82) is 10.5 Å². The lowest BCUT2D eigenvalue weighted by atomic mass is 10.2. The first kappa shape index (κ1) is 17.7. The number of amides is 1. The number of aromatic nitrogens is 2. The van der Waals surface area contributed by atoms with Crippen molar-refractivity contribution in [2.75, 3.05) is 13.1 Å². The van der Waals surface area contributed by atoms with Gasteiger partial charge in [-0.05, 0) is 25.1 Å². The molecule has 2 heterocycles. The molecule has 2 aromatic heterocycles. The van der Waals surface area contributed by atoms with Crippen LogP contribution in [0.15, 0.2) is 36.4 Å². The number of para-hydroxylation sites is 1. The molecule has 0 radical (unpaired) electrons. The van der Waals surface area contributed by atoms with E-state index in [1.807, 2.05) is 48.0 Å². The van der Waals surface area contributed by atoms with Gasteiger partial charge in [0.1, 0.15) is 4.83 Å². The van der Waals surface area contributed by atoms with E-state index in [1.165, 1.54) is 11.3 Å². The second kappa shape index (κ2) is 7.81. The van der Waals surface area contributed by atoms with Crippen LogP contribution in [-0.4, -0.2) is 33.7 Å². The molecule has 0 aliphatic rings. The summed E-state index contributed by atoms with van der Waals surface area (Å²) < 4.78 is 1.85. The zero-order valence-electron chi connectivity index (χ0n) is 14.3. The van der Waals surface area contributed by atoms with Gasteiger partial charge in [-0.2, -0.15) is 15.6 Å². The number of nitriles is 2. The molecule has 0 unspecified atom stereocenters. The molecule has 0 bridgehead atoms. The van der Waals surface area contributed by atoms with Crippen molar-refractivity contribution < 1.29 is 4.79 Å².